The quantitative estimate of drug-likeness (QED) is 0.882. The molecular formula is C21H31N3O2. The van der Waals surface area contributed by atoms with Gasteiger partial charge in [0.2, 0.25) is 11.8 Å². The van der Waals surface area contributed by atoms with Crippen molar-refractivity contribution in [1.29, 1.82) is 0 Å². The minimum Gasteiger partial charge on any atom is -0.342 e. The van der Waals surface area contributed by atoms with Gasteiger partial charge in [-0.15, -0.1) is 0 Å². The molecule has 0 bridgehead atoms. The highest BCUT2D eigenvalue weighted by molar-refractivity contribution is 5.93. The van der Waals surface area contributed by atoms with Gasteiger partial charge in [-0.2, -0.15) is 0 Å². The fourth-order valence-corrected chi connectivity index (χ4v) is 4.12. The largest absolute Gasteiger partial charge is 0.342 e. The van der Waals surface area contributed by atoms with Crippen LogP contribution >= 0.6 is 0 Å². The van der Waals surface area contributed by atoms with E-state index in [9.17, 15) is 9.59 Å². The summed E-state index contributed by atoms with van der Waals surface area (Å²) in [4.78, 5) is 29.2. The number of carbonyl (C=O) groups excluding carboxylic acids is 2. The molecule has 2 aliphatic rings. The Morgan fingerprint density at radius 3 is 2.46 bits per heavy atom. The van der Waals surface area contributed by atoms with Gasteiger partial charge in [-0.25, -0.2) is 0 Å². The third-order valence-electron chi connectivity index (χ3n) is 5.73. The van der Waals surface area contributed by atoms with Gasteiger partial charge >= 0.3 is 0 Å². The Hall–Kier alpha value is -1.88. The normalized spacial score (nSPS) is 18.9. The molecule has 1 N–H and O–H groups in total. The summed E-state index contributed by atoms with van der Waals surface area (Å²) in [6, 6.07) is 6.13. The van der Waals surface area contributed by atoms with Gasteiger partial charge in [-0.3, -0.25) is 14.5 Å². The maximum Gasteiger partial charge on any atom is 0.238 e. The highest BCUT2D eigenvalue weighted by Crippen LogP contribution is 2.23. The lowest BCUT2D eigenvalue weighted by Crippen LogP contribution is -2.44. The molecule has 2 aliphatic heterocycles. The maximum absolute atomic E-state index is 12.5. The molecule has 0 aromatic heterocycles. The third kappa shape index (κ3) is 4.44. The summed E-state index contributed by atoms with van der Waals surface area (Å²) in [6.07, 6.45) is 4.93. The highest BCUT2D eigenvalue weighted by atomic mass is 16.2. The molecule has 1 aromatic rings. The summed E-state index contributed by atoms with van der Waals surface area (Å²) in [7, 11) is 0. The average Bonchev–Trinajstić information content (AvgIpc) is 3.18. The molecule has 2 amide bonds. The van der Waals surface area contributed by atoms with Gasteiger partial charge in [0.1, 0.15) is 0 Å². The van der Waals surface area contributed by atoms with Gasteiger partial charge in [-0.05, 0) is 63.2 Å². The lowest BCUT2D eigenvalue weighted by atomic mass is 9.95. The van der Waals surface area contributed by atoms with Crippen molar-refractivity contribution >= 4 is 17.5 Å². The number of nitrogens with zero attached hydrogens (tertiary/aromatic N) is 2. The average molecular weight is 357 g/mol. The molecule has 1 aromatic carbocycles. The fourth-order valence-electron chi connectivity index (χ4n) is 4.12. The van der Waals surface area contributed by atoms with Crippen molar-refractivity contribution < 1.29 is 9.59 Å². The smallest absolute Gasteiger partial charge is 0.238 e. The summed E-state index contributed by atoms with van der Waals surface area (Å²) in [6.45, 7) is 8.05. The Morgan fingerprint density at radius 2 is 1.81 bits per heavy atom. The van der Waals surface area contributed by atoms with Crippen LogP contribution in [0.4, 0.5) is 5.69 Å². The molecule has 0 atom stereocenters. The summed E-state index contributed by atoms with van der Waals surface area (Å²) < 4.78 is 0. The van der Waals surface area contributed by atoms with Crippen molar-refractivity contribution in [2.75, 3.05) is 38.0 Å². The maximum atomic E-state index is 12.5. The molecule has 0 saturated carbocycles. The van der Waals surface area contributed by atoms with Crippen LogP contribution in [0.25, 0.3) is 0 Å². The van der Waals surface area contributed by atoms with E-state index < -0.39 is 0 Å². The van der Waals surface area contributed by atoms with Crippen LogP contribution in [0.15, 0.2) is 18.2 Å². The van der Waals surface area contributed by atoms with Crippen LogP contribution < -0.4 is 5.32 Å². The minimum absolute atomic E-state index is 0.0401. The number of rotatable bonds is 5. The Morgan fingerprint density at radius 1 is 1.12 bits per heavy atom. The fraction of sp³-hybridized carbons (Fsp3) is 0.619. The van der Waals surface area contributed by atoms with Crippen molar-refractivity contribution in [3.8, 4) is 0 Å². The zero-order valence-corrected chi connectivity index (χ0v) is 16.1. The summed E-state index contributed by atoms with van der Waals surface area (Å²) in [5.74, 6) is 0.521. The second kappa shape index (κ2) is 8.67. The molecule has 5 nitrogen and oxygen atoms in total. The zero-order chi connectivity index (χ0) is 18.5. The number of likely N-dealkylation sites (tertiary alicyclic amines) is 2. The van der Waals surface area contributed by atoms with Crippen LogP contribution in [0.5, 0.6) is 0 Å². The molecule has 2 fully saturated rings. The molecule has 142 valence electrons. The van der Waals surface area contributed by atoms with Crippen LogP contribution in [0.3, 0.4) is 0 Å². The number of hydrogen-bond donors (Lipinski definition) is 1. The van der Waals surface area contributed by atoms with Crippen LogP contribution in [0, 0.1) is 12.8 Å². The van der Waals surface area contributed by atoms with E-state index in [-0.39, 0.29) is 11.8 Å². The van der Waals surface area contributed by atoms with Gasteiger partial charge < -0.3 is 10.2 Å². The van der Waals surface area contributed by atoms with E-state index in [1.165, 1.54) is 5.56 Å². The first-order valence-electron chi connectivity index (χ1n) is 9.98. The van der Waals surface area contributed by atoms with E-state index in [2.05, 4.69) is 23.2 Å². The predicted molar refractivity (Wildman–Crippen MR) is 104 cm³/mol. The molecular weight excluding hydrogens is 326 g/mol. The number of piperidine rings is 1. The number of benzene rings is 1. The Balaban J connectivity index is 1.48. The predicted octanol–water partition coefficient (Wildman–Crippen LogP) is 2.83. The van der Waals surface area contributed by atoms with Gasteiger partial charge in [0.15, 0.2) is 0 Å². The van der Waals surface area contributed by atoms with Gasteiger partial charge in [-0.1, -0.05) is 25.1 Å². The van der Waals surface area contributed by atoms with Crippen LogP contribution in [-0.2, 0) is 16.0 Å². The topological polar surface area (TPSA) is 52.7 Å². The SMILES string of the molecule is CCc1cccc(C)c1NC(=O)CN1CCC(C(=O)N2CCCC2)CC1. The monoisotopic (exact) mass is 357 g/mol. The number of nitrogens with one attached hydrogen (secondary N) is 1. The van der Waals surface area contributed by atoms with Crippen LogP contribution in [0.1, 0.15) is 43.7 Å². The molecule has 0 unspecified atom stereocenters. The second-order valence-electron chi connectivity index (χ2n) is 7.59. The van der Waals surface area contributed by atoms with E-state index in [1.54, 1.807) is 0 Å². The second-order valence-corrected chi connectivity index (χ2v) is 7.59. The first-order valence-corrected chi connectivity index (χ1v) is 9.98. The molecule has 2 saturated heterocycles. The number of para-hydroxylation sites is 1. The van der Waals surface area contributed by atoms with Crippen molar-refractivity contribution in [3.63, 3.8) is 0 Å². The van der Waals surface area contributed by atoms with Gasteiger partial charge in [0.05, 0.1) is 6.54 Å². The van der Waals surface area contributed by atoms with E-state index in [4.69, 9.17) is 0 Å². The number of carbonyl (C=O) groups is 2. The standard InChI is InChI=1S/C21H31N3O2/c1-3-17-8-6-7-16(2)20(17)22-19(25)15-23-13-9-18(10-14-23)21(26)24-11-4-5-12-24/h6-8,18H,3-5,9-15H2,1-2H3,(H,22,25). The zero-order valence-electron chi connectivity index (χ0n) is 16.1. The van der Waals surface area contributed by atoms with Crippen LogP contribution in [0.2, 0.25) is 0 Å². The Labute approximate surface area is 156 Å². The van der Waals surface area contributed by atoms with Crippen molar-refractivity contribution in [1.82, 2.24) is 9.80 Å². The summed E-state index contributed by atoms with van der Waals surface area (Å²) in [5, 5.41) is 3.10. The van der Waals surface area contributed by atoms with E-state index in [0.717, 1.165) is 69.5 Å². The van der Waals surface area contributed by atoms with Crippen molar-refractivity contribution in [2.45, 2.75) is 46.0 Å². The molecule has 0 spiro atoms. The lowest BCUT2D eigenvalue weighted by molar-refractivity contribution is -0.136. The van der Waals surface area contributed by atoms with E-state index in [0.29, 0.717) is 12.5 Å². The molecule has 0 aliphatic carbocycles. The van der Waals surface area contributed by atoms with Crippen molar-refractivity contribution in [2.24, 2.45) is 5.92 Å². The molecule has 5 heteroatoms. The van der Waals surface area contributed by atoms with E-state index >= 15 is 0 Å². The molecule has 2 heterocycles. The first kappa shape index (κ1) is 18.9. The van der Waals surface area contributed by atoms with Crippen LogP contribution in [-0.4, -0.2) is 54.3 Å². The van der Waals surface area contributed by atoms with Gasteiger partial charge in [0, 0.05) is 24.7 Å². The summed E-state index contributed by atoms with van der Waals surface area (Å²) in [5.41, 5.74) is 3.24. The minimum atomic E-state index is 0.0401. The lowest BCUT2D eigenvalue weighted by Gasteiger charge is -2.32. The van der Waals surface area contributed by atoms with Gasteiger partial charge in [0.25, 0.3) is 0 Å². The highest BCUT2D eigenvalue weighted by Gasteiger charge is 2.30. The number of amides is 2. The number of hydrogen-bond acceptors (Lipinski definition) is 3. The molecule has 3 rings (SSSR count). The number of anilines is 1. The molecule has 26 heavy (non-hydrogen) atoms. The third-order valence-corrected chi connectivity index (χ3v) is 5.73. The Kier molecular flexibility index (Phi) is 6.30. The summed E-state index contributed by atoms with van der Waals surface area (Å²) >= 11 is 0. The molecule has 0 radical (unpaired) electrons. The Bertz CT molecular complexity index is 645. The van der Waals surface area contributed by atoms with E-state index in [1.807, 2.05) is 24.0 Å². The van der Waals surface area contributed by atoms with Crippen molar-refractivity contribution in [3.05, 3.63) is 29.3 Å². The number of aryl methyl sites for hydroxylation is 2. The first-order chi connectivity index (χ1) is 12.6.